The van der Waals surface area contributed by atoms with Gasteiger partial charge >= 0.3 is 0 Å². The van der Waals surface area contributed by atoms with Gasteiger partial charge in [0, 0.05) is 29.2 Å². The van der Waals surface area contributed by atoms with E-state index in [4.69, 9.17) is 0 Å². The molecule has 6 heteroatoms. The van der Waals surface area contributed by atoms with Crippen molar-refractivity contribution in [3.63, 3.8) is 0 Å². The molecule has 4 heterocycles. The van der Waals surface area contributed by atoms with E-state index in [1.54, 1.807) is 23.9 Å². The van der Waals surface area contributed by atoms with Crippen LogP contribution in [0.3, 0.4) is 0 Å². The Kier molecular flexibility index (Phi) is 19.0. The van der Waals surface area contributed by atoms with E-state index >= 15 is 0 Å². The molecular formula is C36H52N4S2. The van der Waals surface area contributed by atoms with Crippen molar-refractivity contribution in [3.05, 3.63) is 123 Å². The summed E-state index contributed by atoms with van der Waals surface area (Å²) < 4.78 is 0. The molecule has 1 aromatic carbocycles. The summed E-state index contributed by atoms with van der Waals surface area (Å²) in [5.41, 5.74) is 5.26. The van der Waals surface area contributed by atoms with Gasteiger partial charge in [0.1, 0.15) is 6.33 Å². The Balaban J connectivity index is 0.000000263. The van der Waals surface area contributed by atoms with Crippen LogP contribution in [0.4, 0.5) is 0 Å². The van der Waals surface area contributed by atoms with Crippen LogP contribution < -0.4 is 0 Å². The maximum atomic E-state index is 3.89. The largest absolute Gasteiger partial charge is 0.282 e. The summed E-state index contributed by atoms with van der Waals surface area (Å²) in [6.45, 7) is 21.8. The number of benzene rings is 1. The summed E-state index contributed by atoms with van der Waals surface area (Å²) in [4.78, 5) is 9.27. The van der Waals surface area contributed by atoms with E-state index in [0.29, 0.717) is 29.6 Å². The zero-order valence-electron chi connectivity index (χ0n) is 27.3. The van der Waals surface area contributed by atoms with Crippen molar-refractivity contribution < 1.29 is 0 Å². The number of hydrogen-bond acceptors (Lipinski definition) is 5. The second-order valence-electron chi connectivity index (χ2n) is 11.4. The summed E-state index contributed by atoms with van der Waals surface area (Å²) in [6, 6.07) is 19.0. The Morgan fingerprint density at radius 1 is 0.571 bits per heavy atom. The third-order valence-corrected chi connectivity index (χ3v) is 8.05. The third-order valence-electron chi connectivity index (χ3n) is 6.18. The summed E-state index contributed by atoms with van der Waals surface area (Å²) >= 11 is 3.60. The summed E-state index contributed by atoms with van der Waals surface area (Å²) in [6.07, 6.45) is 7.01. The summed E-state index contributed by atoms with van der Waals surface area (Å²) in [5, 5.41) is 13.1. The fourth-order valence-electron chi connectivity index (χ4n) is 3.26. The number of nitrogens with zero attached hydrogens (tertiary/aromatic N) is 3. The lowest BCUT2D eigenvalue weighted by molar-refractivity contribution is 0.810. The van der Waals surface area contributed by atoms with Gasteiger partial charge in [-0.15, -0.1) is 11.3 Å². The molecule has 0 bridgehead atoms. The molecule has 4 nitrogen and oxygen atoms in total. The molecule has 0 radical (unpaired) electrons. The smallest absolute Gasteiger partial charge is 0.115 e. The molecule has 0 saturated heterocycles. The van der Waals surface area contributed by atoms with Crippen LogP contribution in [0.5, 0.6) is 0 Å². The molecule has 1 N–H and O–H groups in total. The van der Waals surface area contributed by atoms with Crippen LogP contribution >= 0.6 is 22.7 Å². The first-order valence-electron chi connectivity index (χ1n) is 14.9. The first kappa shape index (κ1) is 36.9. The monoisotopic (exact) mass is 604 g/mol. The van der Waals surface area contributed by atoms with Gasteiger partial charge in [-0.1, -0.05) is 106 Å². The summed E-state index contributed by atoms with van der Waals surface area (Å²) in [5.74, 6) is 3.16. The highest BCUT2D eigenvalue weighted by Crippen LogP contribution is 2.19. The fourth-order valence-corrected chi connectivity index (χ4v) is 4.82. The van der Waals surface area contributed by atoms with Crippen LogP contribution in [0.1, 0.15) is 126 Å². The minimum absolute atomic E-state index is 0.534. The van der Waals surface area contributed by atoms with E-state index in [0.717, 1.165) is 0 Å². The number of H-pyrrole nitrogens is 1. The molecule has 5 rings (SSSR count). The number of thiophene rings is 2. The van der Waals surface area contributed by atoms with Crippen LogP contribution in [-0.2, 0) is 0 Å². The van der Waals surface area contributed by atoms with Crippen LogP contribution in [-0.4, -0.2) is 20.2 Å². The summed E-state index contributed by atoms with van der Waals surface area (Å²) in [7, 11) is 0. The first-order valence-corrected chi connectivity index (χ1v) is 16.7. The predicted octanol–water partition coefficient (Wildman–Crippen LogP) is 11.7. The van der Waals surface area contributed by atoms with Gasteiger partial charge in [0.25, 0.3) is 0 Å². The highest BCUT2D eigenvalue weighted by atomic mass is 32.1. The zero-order valence-corrected chi connectivity index (χ0v) is 28.9. The lowest BCUT2D eigenvalue weighted by Gasteiger charge is -2.01. The molecule has 0 unspecified atom stereocenters. The van der Waals surface area contributed by atoms with E-state index in [9.17, 15) is 0 Å². The average Bonchev–Trinajstić information content (AvgIpc) is 3.79. The van der Waals surface area contributed by atoms with Crippen molar-refractivity contribution in [3.8, 4) is 0 Å². The number of aromatic amines is 1. The lowest BCUT2D eigenvalue weighted by atomic mass is 10.0. The van der Waals surface area contributed by atoms with Crippen LogP contribution in [0.2, 0.25) is 0 Å². The third kappa shape index (κ3) is 16.4. The molecule has 0 aliphatic rings. The van der Waals surface area contributed by atoms with Gasteiger partial charge in [0.2, 0.25) is 0 Å². The van der Waals surface area contributed by atoms with Crippen molar-refractivity contribution in [1.29, 1.82) is 0 Å². The van der Waals surface area contributed by atoms with E-state index in [-0.39, 0.29) is 0 Å². The zero-order chi connectivity index (χ0) is 31.3. The quantitative estimate of drug-likeness (QED) is 0.217. The molecule has 0 spiro atoms. The minimum Gasteiger partial charge on any atom is -0.282 e. The second kappa shape index (κ2) is 21.6. The predicted molar refractivity (Wildman–Crippen MR) is 186 cm³/mol. The van der Waals surface area contributed by atoms with Crippen molar-refractivity contribution >= 4 is 22.7 Å². The van der Waals surface area contributed by atoms with Crippen molar-refractivity contribution in [2.24, 2.45) is 0 Å². The van der Waals surface area contributed by atoms with Gasteiger partial charge in [-0.05, 0) is 80.6 Å². The van der Waals surface area contributed by atoms with Crippen molar-refractivity contribution in [2.75, 3.05) is 0 Å². The van der Waals surface area contributed by atoms with Crippen LogP contribution in [0.15, 0.2) is 95.7 Å². The van der Waals surface area contributed by atoms with E-state index < -0.39 is 0 Å². The standard InChI is InChI=1S/C9H12.C7H10N2.2C7H10S.C6H10N2/c1-8(2)9-6-4-3-5-7-9;1-6(2)7-3-8-5-9-4-7;1-6(2)7-3-4-8-5-7;1-6(2)7-4-3-5-8-7;1-5(2)6-3-4-7-8-6/h3-8H,1-2H3;3-6H,1-2H3;2*3-6H,1-2H3;3-5H,1-2H3,(H,7,8). The molecule has 0 fully saturated rings. The highest BCUT2D eigenvalue weighted by Gasteiger charge is 1.98. The van der Waals surface area contributed by atoms with E-state index in [1.165, 1.54) is 27.3 Å². The van der Waals surface area contributed by atoms with Crippen molar-refractivity contribution in [1.82, 2.24) is 20.2 Å². The number of nitrogens with one attached hydrogen (secondary N) is 1. The van der Waals surface area contributed by atoms with Crippen molar-refractivity contribution in [2.45, 2.75) is 98.8 Å². The Morgan fingerprint density at radius 2 is 1.19 bits per heavy atom. The Hall–Kier alpha value is -3.09. The topological polar surface area (TPSA) is 54.5 Å². The minimum atomic E-state index is 0.534. The molecule has 0 aliphatic carbocycles. The fraction of sp³-hybridized carbons (Fsp3) is 0.417. The van der Waals surface area contributed by atoms with Gasteiger partial charge in [0.05, 0.1) is 0 Å². The molecule has 4 aromatic heterocycles. The Labute approximate surface area is 263 Å². The van der Waals surface area contributed by atoms with Gasteiger partial charge < -0.3 is 0 Å². The molecule has 0 aliphatic heterocycles. The van der Waals surface area contributed by atoms with E-state index in [1.807, 2.05) is 35.9 Å². The molecule has 0 saturated carbocycles. The van der Waals surface area contributed by atoms with Gasteiger partial charge in [-0.3, -0.25) is 5.10 Å². The Morgan fingerprint density at radius 3 is 1.48 bits per heavy atom. The SMILES string of the molecule is CC(C)c1ccccc1.CC(C)c1cccs1.CC(C)c1ccn[nH]1.CC(C)c1ccsc1.CC(C)c1cncnc1. The molecule has 5 aromatic rings. The number of rotatable bonds is 5. The molecule has 0 amide bonds. The number of hydrogen-bond donors (Lipinski definition) is 1. The number of aromatic nitrogens is 4. The lowest BCUT2D eigenvalue weighted by Crippen LogP contribution is -1.88. The van der Waals surface area contributed by atoms with Crippen LogP contribution in [0.25, 0.3) is 0 Å². The molecule has 42 heavy (non-hydrogen) atoms. The molecule has 228 valence electrons. The van der Waals surface area contributed by atoms with Gasteiger partial charge in [0.15, 0.2) is 0 Å². The average molecular weight is 605 g/mol. The Bertz CT molecular complexity index is 1090. The van der Waals surface area contributed by atoms with Gasteiger partial charge in [-0.25, -0.2) is 9.97 Å². The normalized spacial score (nSPS) is 10.3. The second-order valence-corrected chi connectivity index (χ2v) is 13.2. The van der Waals surface area contributed by atoms with Gasteiger partial charge in [-0.2, -0.15) is 16.4 Å². The molecule has 0 atom stereocenters. The maximum absolute atomic E-state index is 3.89. The molecular weight excluding hydrogens is 553 g/mol. The van der Waals surface area contributed by atoms with E-state index in [2.05, 4.69) is 148 Å². The van der Waals surface area contributed by atoms with Crippen LogP contribution in [0, 0.1) is 0 Å². The first-order chi connectivity index (χ1) is 20.0. The maximum Gasteiger partial charge on any atom is 0.115 e. The highest BCUT2D eigenvalue weighted by molar-refractivity contribution is 7.10.